The van der Waals surface area contributed by atoms with Gasteiger partial charge in [-0.25, -0.2) is 0 Å². The third kappa shape index (κ3) is 4.57. The zero-order valence-electron chi connectivity index (χ0n) is 12.6. The summed E-state index contributed by atoms with van der Waals surface area (Å²) in [5.41, 5.74) is 0. The predicted molar refractivity (Wildman–Crippen MR) is 77.7 cm³/mol. The summed E-state index contributed by atoms with van der Waals surface area (Å²) in [6.45, 7) is 13.6. The van der Waals surface area contributed by atoms with Crippen molar-refractivity contribution < 1.29 is 18.9 Å². The van der Waals surface area contributed by atoms with E-state index in [1.165, 1.54) is 5.19 Å². The summed E-state index contributed by atoms with van der Waals surface area (Å²) in [6, 6.07) is 11.0. The predicted octanol–water partition coefficient (Wildman–Crippen LogP) is -0.931. The second-order valence-electron chi connectivity index (χ2n) is 4.03. The molecule has 0 atom stereocenters. The van der Waals surface area contributed by atoms with Crippen molar-refractivity contribution in [1.29, 1.82) is 0 Å². The fourth-order valence-corrected chi connectivity index (χ4v) is 5.02. The molecule has 0 spiro atoms. The number of benzene rings is 1. The van der Waals surface area contributed by atoms with Crippen LogP contribution in [0.2, 0.25) is 0 Å². The van der Waals surface area contributed by atoms with E-state index in [4.69, 9.17) is 0 Å². The van der Waals surface area contributed by atoms with Gasteiger partial charge in [-0.3, -0.25) is 0 Å². The molecule has 0 aromatic heterocycles. The minimum absolute atomic E-state index is 0. The molecule has 0 aliphatic rings. The van der Waals surface area contributed by atoms with Crippen LogP contribution in [0.5, 0.6) is 0 Å². The molecule has 0 saturated carbocycles. The zero-order chi connectivity index (χ0) is 12.7. The van der Waals surface area contributed by atoms with E-state index in [2.05, 4.69) is 67.2 Å². The van der Waals surface area contributed by atoms with Gasteiger partial charge in [0, 0.05) is 0 Å². The molecule has 0 aliphatic carbocycles. The van der Waals surface area contributed by atoms with Crippen molar-refractivity contribution in [3.63, 3.8) is 0 Å². The third-order valence-corrected chi connectivity index (χ3v) is 6.47. The van der Waals surface area contributed by atoms with Crippen LogP contribution in [0, 0.1) is 0 Å². The van der Waals surface area contributed by atoms with E-state index >= 15 is 0 Å². The molecule has 0 saturated heterocycles. The van der Waals surface area contributed by atoms with Gasteiger partial charge in [-0.2, -0.15) is 5.19 Å². The maximum atomic E-state index is 2.62. The molecule has 4 heteroatoms. The first-order valence-corrected chi connectivity index (χ1v) is 8.10. The summed E-state index contributed by atoms with van der Waals surface area (Å²) >= 11 is 0. The standard InChI is InChI=1S/C14H25N2Si.Li/c1-5-15(6-2)17(16(7-3)8-4)14-12-10-9-11-13-14;/h9-13H,5-8H2,1-4H3;/q-1;+1. The van der Waals surface area contributed by atoms with Gasteiger partial charge in [-0.15, -0.1) is 9.12 Å². The first-order valence-electron chi connectivity index (χ1n) is 6.70. The number of hydrogen-bond acceptors (Lipinski definition) is 2. The number of hydrogen-bond donors (Lipinski definition) is 0. The Morgan fingerprint density at radius 3 is 1.50 bits per heavy atom. The molecular weight excluding hydrogens is 231 g/mol. The Labute approximate surface area is 126 Å². The van der Waals surface area contributed by atoms with E-state index in [0.29, 0.717) is 0 Å². The van der Waals surface area contributed by atoms with E-state index in [9.17, 15) is 0 Å². The van der Waals surface area contributed by atoms with E-state index in [1.54, 1.807) is 0 Å². The van der Waals surface area contributed by atoms with Crippen molar-refractivity contribution in [2.75, 3.05) is 26.2 Å². The van der Waals surface area contributed by atoms with Crippen LogP contribution in [-0.2, 0) is 0 Å². The Morgan fingerprint density at radius 2 is 1.17 bits per heavy atom. The zero-order valence-corrected chi connectivity index (χ0v) is 13.6. The van der Waals surface area contributed by atoms with E-state index in [0.717, 1.165) is 26.2 Å². The maximum Gasteiger partial charge on any atom is 1.00 e. The molecule has 96 valence electrons. The SMILES string of the molecule is CCN(CC)[Si-](c1ccccc1)N(CC)CC.[Li+]. The minimum atomic E-state index is -0.736. The molecule has 18 heavy (non-hydrogen) atoms. The summed E-state index contributed by atoms with van der Waals surface area (Å²) < 4.78 is 5.24. The third-order valence-electron chi connectivity index (χ3n) is 3.16. The van der Waals surface area contributed by atoms with Crippen molar-refractivity contribution in [2.24, 2.45) is 0 Å². The van der Waals surface area contributed by atoms with E-state index in [1.807, 2.05) is 0 Å². The van der Waals surface area contributed by atoms with Gasteiger partial charge in [0.2, 0.25) is 0 Å². The van der Waals surface area contributed by atoms with Gasteiger partial charge >= 0.3 is 18.9 Å². The van der Waals surface area contributed by atoms with Crippen molar-refractivity contribution in [2.45, 2.75) is 27.7 Å². The molecule has 2 nitrogen and oxygen atoms in total. The van der Waals surface area contributed by atoms with Gasteiger partial charge in [0.25, 0.3) is 0 Å². The van der Waals surface area contributed by atoms with E-state index in [-0.39, 0.29) is 18.9 Å². The van der Waals surface area contributed by atoms with Crippen LogP contribution < -0.4 is 24.0 Å². The molecule has 1 rings (SSSR count). The summed E-state index contributed by atoms with van der Waals surface area (Å²) in [7, 11) is -0.736. The molecule has 0 N–H and O–H groups in total. The number of nitrogens with zero attached hydrogens (tertiary/aromatic N) is 2. The monoisotopic (exact) mass is 256 g/mol. The second-order valence-corrected chi connectivity index (χ2v) is 6.52. The Balaban J connectivity index is 0.00000289. The van der Waals surface area contributed by atoms with Crippen LogP contribution in [0.1, 0.15) is 27.7 Å². The minimum Gasteiger partial charge on any atom is -0.441 e. The van der Waals surface area contributed by atoms with Crippen molar-refractivity contribution in [3.05, 3.63) is 30.3 Å². The van der Waals surface area contributed by atoms with Crippen LogP contribution in [0.25, 0.3) is 0 Å². The summed E-state index contributed by atoms with van der Waals surface area (Å²) in [4.78, 5) is 0. The van der Waals surface area contributed by atoms with Gasteiger partial charge in [0.15, 0.2) is 0 Å². The normalized spacial score (nSPS) is 10.6. The number of rotatable bonds is 7. The van der Waals surface area contributed by atoms with Gasteiger partial charge in [0.1, 0.15) is 0 Å². The maximum absolute atomic E-state index is 2.62. The van der Waals surface area contributed by atoms with Crippen LogP contribution in [-0.4, -0.2) is 44.4 Å². The molecule has 0 bridgehead atoms. The fourth-order valence-electron chi connectivity index (χ4n) is 2.20. The molecule has 1 aromatic carbocycles. The Kier molecular flexibility index (Phi) is 9.80. The molecule has 0 heterocycles. The molecule has 0 radical (unpaired) electrons. The van der Waals surface area contributed by atoms with Crippen LogP contribution in [0.15, 0.2) is 30.3 Å². The topological polar surface area (TPSA) is 6.48 Å². The van der Waals surface area contributed by atoms with Gasteiger partial charge in [-0.1, -0.05) is 58.0 Å². The van der Waals surface area contributed by atoms with Crippen molar-refractivity contribution in [3.8, 4) is 0 Å². The van der Waals surface area contributed by atoms with Crippen LogP contribution in [0.4, 0.5) is 0 Å². The van der Waals surface area contributed by atoms with Gasteiger partial charge in [-0.05, 0) is 26.2 Å². The summed E-state index contributed by atoms with van der Waals surface area (Å²) in [5, 5.41) is 1.50. The Bertz CT molecular complexity index is 288. The molecule has 0 aliphatic heterocycles. The largest absolute Gasteiger partial charge is 1.00 e. The molecule has 0 unspecified atom stereocenters. The fraction of sp³-hybridized carbons (Fsp3) is 0.571. The molecular formula is C14H25LiN2Si. The van der Waals surface area contributed by atoms with Crippen molar-refractivity contribution in [1.82, 2.24) is 9.13 Å². The average molecular weight is 256 g/mol. The van der Waals surface area contributed by atoms with E-state index < -0.39 is 9.12 Å². The first kappa shape index (κ1) is 18.0. The van der Waals surface area contributed by atoms with Crippen LogP contribution in [0.3, 0.4) is 0 Å². The molecule has 0 amide bonds. The first-order chi connectivity index (χ1) is 8.28. The second kappa shape index (κ2) is 9.83. The Morgan fingerprint density at radius 1 is 0.778 bits per heavy atom. The summed E-state index contributed by atoms with van der Waals surface area (Å²) in [6.07, 6.45) is 0. The quantitative estimate of drug-likeness (QED) is 0.582. The molecule has 0 fully saturated rings. The average Bonchev–Trinajstić information content (AvgIpc) is 2.40. The van der Waals surface area contributed by atoms with Gasteiger partial charge in [0.05, 0.1) is 0 Å². The van der Waals surface area contributed by atoms with Crippen molar-refractivity contribution >= 4 is 14.3 Å². The Hall–Kier alpha value is -0.0457. The van der Waals surface area contributed by atoms with Crippen LogP contribution >= 0.6 is 0 Å². The smallest absolute Gasteiger partial charge is 0.441 e. The van der Waals surface area contributed by atoms with Gasteiger partial charge < -0.3 is 9.13 Å². The summed E-state index contributed by atoms with van der Waals surface area (Å²) in [5.74, 6) is 0. The molecule has 1 aromatic rings.